The van der Waals surface area contributed by atoms with Gasteiger partial charge in [-0.3, -0.25) is 4.79 Å². The van der Waals surface area contributed by atoms with Gasteiger partial charge in [0.2, 0.25) is 0 Å². The highest BCUT2D eigenvalue weighted by atomic mass is 16.5. The van der Waals surface area contributed by atoms with E-state index in [1.807, 2.05) is 49.6 Å². The maximum Gasteiger partial charge on any atom is 0.340 e. The molecule has 1 amide bonds. The number of carbonyl (C=O) groups is 2. The van der Waals surface area contributed by atoms with E-state index < -0.39 is 18.0 Å². The summed E-state index contributed by atoms with van der Waals surface area (Å²) < 4.78 is 7.05. The van der Waals surface area contributed by atoms with Crippen LogP contribution in [0.25, 0.3) is 5.69 Å². The van der Waals surface area contributed by atoms with Crippen molar-refractivity contribution in [3.05, 3.63) is 52.8 Å². The second-order valence-electron chi connectivity index (χ2n) is 5.41. The first-order chi connectivity index (χ1) is 10.3. The first kappa shape index (κ1) is 15.8. The maximum absolute atomic E-state index is 12.2. The van der Waals surface area contributed by atoms with E-state index in [0.29, 0.717) is 5.56 Å². The van der Waals surface area contributed by atoms with Gasteiger partial charge in [0.25, 0.3) is 5.91 Å². The Labute approximate surface area is 129 Å². The molecule has 0 aliphatic rings. The quantitative estimate of drug-likeness (QED) is 0.881. The van der Waals surface area contributed by atoms with E-state index >= 15 is 0 Å². The van der Waals surface area contributed by atoms with Gasteiger partial charge >= 0.3 is 5.97 Å². The molecule has 0 bridgehead atoms. The predicted molar refractivity (Wildman–Crippen MR) is 84.1 cm³/mol. The number of hydrogen-bond acceptors (Lipinski definition) is 3. The van der Waals surface area contributed by atoms with Crippen molar-refractivity contribution in [3.63, 3.8) is 0 Å². The minimum absolute atomic E-state index is 0.436. The zero-order chi connectivity index (χ0) is 16.4. The van der Waals surface area contributed by atoms with Crippen molar-refractivity contribution in [2.24, 2.45) is 5.73 Å². The Kier molecular flexibility index (Phi) is 4.35. The van der Waals surface area contributed by atoms with Crippen molar-refractivity contribution in [2.45, 2.75) is 33.8 Å². The Hall–Kier alpha value is -2.56. The second kappa shape index (κ2) is 6.05. The van der Waals surface area contributed by atoms with E-state index in [-0.39, 0.29) is 0 Å². The van der Waals surface area contributed by atoms with Gasteiger partial charge in [0.05, 0.1) is 5.56 Å². The van der Waals surface area contributed by atoms with Gasteiger partial charge < -0.3 is 15.0 Å². The standard InChI is InChI=1S/C17H20N2O3/c1-10-5-7-14(8-6-10)19-11(2)9-15(12(19)3)17(21)22-13(4)16(18)20/h5-9,13H,1-4H3,(H2,18,20)/t13-/m1/s1. The van der Waals surface area contributed by atoms with Gasteiger partial charge in [0, 0.05) is 17.1 Å². The topological polar surface area (TPSA) is 74.3 Å². The molecule has 1 aromatic carbocycles. The Morgan fingerprint density at radius 2 is 1.73 bits per heavy atom. The summed E-state index contributed by atoms with van der Waals surface area (Å²) in [5, 5.41) is 0. The Morgan fingerprint density at radius 1 is 1.14 bits per heavy atom. The molecule has 116 valence electrons. The normalized spacial score (nSPS) is 12.0. The zero-order valence-electron chi connectivity index (χ0n) is 13.2. The molecule has 0 unspecified atom stereocenters. The molecule has 0 aliphatic heterocycles. The van der Waals surface area contributed by atoms with Gasteiger partial charge in [-0.15, -0.1) is 0 Å². The van der Waals surface area contributed by atoms with E-state index in [2.05, 4.69) is 0 Å². The molecule has 0 radical (unpaired) electrons. The molecule has 1 heterocycles. The van der Waals surface area contributed by atoms with Crippen LogP contribution in [0, 0.1) is 20.8 Å². The Bertz CT molecular complexity index is 714. The predicted octanol–water partition coefficient (Wildman–Crippen LogP) is 2.43. The van der Waals surface area contributed by atoms with Crippen molar-refractivity contribution in [3.8, 4) is 5.69 Å². The van der Waals surface area contributed by atoms with Gasteiger partial charge in [0.1, 0.15) is 0 Å². The summed E-state index contributed by atoms with van der Waals surface area (Å²) >= 11 is 0. The molecular weight excluding hydrogens is 280 g/mol. The number of rotatable bonds is 4. The van der Waals surface area contributed by atoms with Crippen molar-refractivity contribution in [2.75, 3.05) is 0 Å². The summed E-state index contributed by atoms with van der Waals surface area (Å²) in [5.41, 5.74) is 9.38. The zero-order valence-corrected chi connectivity index (χ0v) is 13.2. The Morgan fingerprint density at radius 3 is 2.27 bits per heavy atom. The van der Waals surface area contributed by atoms with Crippen LogP contribution in [-0.4, -0.2) is 22.5 Å². The summed E-state index contributed by atoms with van der Waals surface area (Å²) in [6.45, 7) is 7.24. The van der Waals surface area contributed by atoms with E-state index in [9.17, 15) is 9.59 Å². The second-order valence-corrected chi connectivity index (χ2v) is 5.41. The molecule has 5 heteroatoms. The number of carbonyl (C=O) groups excluding carboxylic acids is 2. The fourth-order valence-electron chi connectivity index (χ4n) is 2.34. The smallest absolute Gasteiger partial charge is 0.340 e. The highest BCUT2D eigenvalue weighted by Crippen LogP contribution is 2.22. The number of nitrogens with zero attached hydrogens (tertiary/aromatic N) is 1. The number of nitrogens with two attached hydrogens (primary N) is 1. The number of aryl methyl sites for hydroxylation is 2. The highest BCUT2D eigenvalue weighted by Gasteiger charge is 2.21. The molecule has 2 aromatic rings. The summed E-state index contributed by atoms with van der Waals surface area (Å²) in [6.07, 6.45) is -0.949. The van der Waals surface area contributed by atoms with Crippen molar-refractivity contribution in [1.29, 1.82) is 0 Å². The van der Waals surface area contributed by atoms with E-state index in [1.165, 1.54) is 12.5 Å². The molecule has 1 atom stereocenters. The molecule has 0 saturated carbocycles. The summed E-state index contributed by atoms with van der Waals surface area (Å²) in [5.74, 6) is -1.21. The van der Waals surface area contributed by atoms with Crippen molar-refractivity contribution < 1.29 is 14.3 Å². The van der Waals surface area contributed by atoms with Crippen LogP contribution in [0.4, 0.5) is 0 Å². The van der Waals surface area contributed by atoms with Crippen LogP contribution in [0.2, 0.25) is 0 Å². The minimum Gasteiger partial charge on any atom is -0.449 e. The van der Waals surface area contributed by atoms with Crippen LogP contribution in [0.5, 0.6) is 0 Å². The van der Waals surface area contributed by atoms with Crippen LogP contribution >= 0.6 is 0 Å². The van der Waals surface area contributed by atoms with Gasteiger partial charge in [-0.25, -0.2) is 4.79 Å². The van der Waals surface area contributed by atoms with Gasteiger partial charge in [-0.1, -0.05) is 17.7 Å². The van der Waals surface area contributed by atoms with E-state index in [1.54, 1.807) is 6.07 Å². The molecule has 22 heavy (non-hydrogen) atoms. The molecule has 0 fully saturated rings. The van der Waals surface area contributed by atoms with E-state index in [4.69, 9.17) is 10.5 Å². The van der Waals surface area contributed by atoms with Crippen molar-refractivity contribution >= 4 is 11.9 Å². The lowest BCUT2D eigenvalue weighted by atomic mass is 10.2. The minimum atomic E-state index is -0.949. The van der Waals surface area contributed by atoms with Crippen LogP contribution < -0.4 is 5.73 Å². The fraction of sp³-hybridized carbons (Fsp3) is 0.294. The number of primary amides is 1. The molecule has 0 aliphatic carbocycles. The molecule has 2 N–H and O–H groups in total. The van der Waals surface area contributed by atoms with Gasteiger partial charge in [-0.05, 0) is 45.9 Å². The monoisotopic (exact) mass is 300 g/mol. The molecule has 5 nitrogen and oxygen atoms in total. The number of aromatic nitrogens is 1. The van der Waals surface area contributed by atoms with Crippen LogP contribution in [0.15, 0.2) is 30.3 Å². The average Bonchev–Trinajstić information content (AvgIpc) is 2.75. The molecule has 1 aromatic heterocycles. The van der Waals surface area contributed by atoms with Crippen LogP contribution in [-0.2, 0) is 9.53 Å². The van der Waals surface area contributed by atoms with Gasteiger partial charge in [-0.2, -0.15) is 0 Å². The largest absolute Gasteiger partial charge is 0.449 e. The molecule has 0 spiro atoms. The molecule has 0 saturated heterocycles. The number of esters is 1. The number of ether oxygens (including phenoxy) is 1. The van der Waals surface area contributed by atoms with Crippen LogP contribution in [0.3, 0.4) is 0 Å². The van der Waals surface area contributed by atoms with Gasteiger partial charge in [0.15, 0.2) is 6.10 Å². The summed E-state index contributed by atoms with van der Waals surface area (Å²) in [4.78, 5) is 23.2. The SMILES string of the molecule is Cc1ccc(-n2c(C)cc(C(=O)O[C@H](C)C(N)=O)c2C)cc1. The van der Waals surface area contributed by atoms with Crippen molar-refractivity contribution in [1.82, 2.24) is 4.57 Å². The number of benzene rings is 1. The van der Waals surface area contributed by atoms with Crippen LogP contribution in [0.1, 0.15) is 34.2 Å². The summed E-state index contributed by atoms with van der Waals surface area (Å²) in [7, 11) is 0. The molecular formula is C17H20N2O3. The number of amides is 1. The third-order valence-corrected chi connectivity index (χ3v) is 3.63. The lowest BCUT2D eigenvalue weighted by Crippen LogP contribution is -2.30. The average molecular weight is 300 g/mol. The first-order valence-corrected chi connectivity index (χ1v) is 7.07. The number of hydrogen-bond donors (Lipinski definition) is 1. The third kappa shape index (κ3) is 3.03. The maximum atomic E-state index is 12.2. The third-order valence-electron chi connectivity index (χ3n) is 3.63. The first-order valence-electron chi connectivity index (χ1n) is 7.07. The lowest BCUT2D eigenvalue weighted by molar-refractivity contribution is -0.125. The summed E-state index contributed by atoms with van der Waals surface area (Å²) in [6, 6.07) is 9.78. The highest BCUT2D eigenvalue weighted by molar-refractivity contribution is 5.93. The lowest BCUT2D eigenvalue weighted by Gasteiger charge is -2.11. The molecule has 2 rings (SSSR count). The Balaban J connectivity index is 2.37. The van der Waals surface area contributed by atoms with E-state index in [0.717, 1.165) is 17.1 Å². The fourth-order valence-corrected chi connectivity index (χ4v) is 2.34.